The summed E-state index contributed by atoms with van der Waals surface area (Å²) in [6.07, 6.45) is 1.90. The van der Waals surface area contributed by atoms with Crippen LogP contribution in [0.2, 0.25) is 0 Å². The maximum atomic E-state index is 8.86. The van der Waals surface area contributed by atoms with E-state index in [9.17, 15) is 0 Å². The zero-order valence-corrected chi connectivity index (χ0v) is 8.75. The summed E-state index contributed by atoms with van der Waals surface area (Å²) in [7, 11) is 0. The molecule has 1 aromatic rings. The molecule has 0 radical (unpaired) electrons. The Morgan fingerprint density at radius 2 is 2.36 bits per heavy atom. The summed E-state index contributed by atoms with van der Waals surface area (Å²) in [6.45, 7) is 5.71. The van der Waals surface area contributed by atoms with Crippen molar-refractivity contribution in [2.75, 3.05) is 6.54 Å². The van der Waals surface area contributed by atoms with Crippen LogP contribution in [0.25, 0.3) is 0 Å². The predicted molar refractivity (Wildman–Crippen MR) is 56.4 cm³/mol. The van der Waals surface area contributed by atoms with Crippen LogP contribution in [0.3, 0.4) is 0 Å². The Bertz CT molecular complexity index is 282. The van der Waals surface area contributed by atoms with Crippen LogP contribution in [0.4, 0.5) is 0 Å². The quantitative estimate of drug-likeness (QED) is 0.746. The van der Waals surface area contributed by atoms with E-state index in [-0.39, 0.29) is 5.92 Å². The number of nitrogens with zero attached hydrogens (tertiary/aromatic N) is 1. The molecule has 76 valence electrons. The molecule has 0 fully saturated rings. The smallest absolute Gasteiger partial charge is 0.0671 e. The van der Waals surface area contributed by atoms with Gasteiger partial charge in [0.15, 0.2) is 0 Å². The van der Waals surface area contributed by atoms with Crippen molar-refractivity contribution in [1.29, 1.82) is 5.26 Å². The summed E-state index contributed by atoms with van der Waals surface area (Å²) < 4.78 is 0. The fraction of sp³-hybridized carbons (Fsp3) is 0.545. The number of aromatic amines is 1. The third-order valence-electron chi connectivity index (χ3n) is 2.31. The molecule has 0 aliphatic heterocycles. The van der Waals surface area contributed by atoms with Crippen molar-refractivity contribution in [2.45, 2.75) is 20.4 Å². The second-order valence-electron chi connectivity index (χ2n) is 3.81. The van der Waals surface area contributed by atoms with Gasteiger partial charge in [0.2, 0.25) is 0 Å². The average Bonchev–Trinajstić information content (AvgIpc) is 2.64. The largest absolute Gasteiger partial charge is 0.364 e. The molecule has 3 heteroatoms. The number of aromatic nitrogens is 1. The van der Waals surface area contributed by atoms with Crippen LogP contribution in [0.15, 0.2) is 18.3 Å². The minimum absolute atomic E-state index is 0.102. The topological polar surface area (TPSA) is 51.6 Å². The monoisotopic (exact) mass is 191 g/mol. The van der Waals surface area contributed by atoms with E-state index in [0.717, 1.165) is 18.8 Å². The maximum absolute atomic E-state index is 8.86. The van der Waals surface area contributed by atoms with Crippen molar-refractivity contribution in [2.24, 2.45) is 11.8 Å². The molecule has 3 nitrogen and oxygen atoms in total. The summed E-state index contributed by atoms with van der Waals surface area (Å²) in [5, 5.41) is 12.1. The Hall–Kier alpha value is -1.27. The lowest BCUT2D eigenvalue weighted by molar-refractivity contribution is 0.441. The van der Waals surface area contributed by atoms with Gasteiger partial charge in [-0.2, -0.15) is 5.26 Å². The van der Waals surface area contributed by atoms with Crippen molar-refractivity contribution in [3.8, 4) is 6.07 Å². The van der Waals surface area contributed by atoms with Gasteiger partial charge in [0.05, 0.1) is 12.0 Å². The van der Waals surface area contributed by atoms with Gasteiger partial charge in [0.25, 0.3) is 0 Å². The van der Waals surface area contributed by atoms with E-state index < -0.39 is 0 Å². The van der Waals surface area contributed by atoms with Crippen molar-refractivity contribution < 1.29 is 0 Å². The molecule has 0 bridgehead atoms. The van der Waals surface area contributed by atoms with Gasteiger partial charge in [-0.15, -0.1) is 0 Å². The van der Waals surface area contributed by atoms with Gasteiger partial charge < -0.3 is 10.3 Å². The van der Waals surface area contributed by atoms with E-state index in [0.29, 0.717) is 5.92 Å². The van der Waals surface area contributed by atoms with E-state index >= 15 is 0 Å². The molecule has 0 aliphatic rings. The molecule has 1 rings (SSSR count). The van der Waals surface area contributed by atoms with Crippen molar-refractivity contribution >= 4 is 0 Å². The number of hydrogen-bond acceptors (Lipinski definition) is 2. The van der Waals surface area contributed by atoms with Gasteiger partial charge in [-0.3, -0.25) is 0 Å². The van der Waals surface area contributed by atoms with Gasteiger partial charge in [-0.05, 0) is 18.1 Å². The van der Waals surface area contributed by atoms with Crippen LogP contribution in [-0.2, 0) is 6.54 Å². The lowest BCUT2D eigenvalue weighted by Crippen LogP contribution is -2.24. The van der Waals surface area contributed by atoms with Gasteiger partial charge in [0, 0.05) is 25.0 Å². The van der Waals surface area contributed by atoms with Crippen LogP contribution in [0.1, 0.15) is 19.5 Å². The first-order valence-corrected chi connectivity index (χ1v) is 4.96. The Balaban J connectivity index is 2.24. The molecule has 0 aromatic carbocycles. The molecule has 14 heavy (non-hydrogen) atoms. The van der Waals surface area contributed by atoms with E-state index in [1.165, 1.54) is 0 Å². The minimum Gasteiger partial charge on any atom is -0.364 e. The Kier molecular flexibility index (Phi) is 4.21. The van der Waals surface area contributed by atoms with Crippen LogP contribution in [-0.4, -0.2) is 11.5 Å². The number of nitrogens with one attached hydrogen (secondary N) is 2. The summed E-state index contributed by atoms with van der Waals surface area (Å²) in [5.74, 6) is 0.515. The van der Waals surface area contributed by atoms with Crippen LogP contribution >= 0.6 is 0 Å². The molecule has 1 aromatic heterocycles. The van der Waals surface area contributed by atoms with Crippen molar-refractivity contribution in [3.63, 3.8) is 0 Å². The van der Waals surface area contributed by atoms with Crippen molar-refractivity contribution in [1.82, 2.24) is 10.3 Å². The Morgan fingerprint density at radius 1 is 1.57 bits per heavy atom. The third kappa shape index (κ3) is 3.23. The molecule has 0 spiro atoms. The molecule has 0 aliphatic carbocycles. The van der Waals surface area contributed by atoms with E-state index in [2.05, 4.69) is 30.2 Å². The third-order valence-corrected chi connectivity index (χ3v) is 2.31. The fourth-order valence-corrected chi connectivity index (χ4v) is 1.27. The predicted octanol–water partition coefficient (Wildman–Crippen LogP) is 1.90. The standard InChI is InChI=1S/C11H17N3/c1-9(2)10(6-12)7-13-8-11-4-3-5-14-11/h3-5,9-10,13-14H,7-8H2,1-2H3. The van der Waals surface area contributed by atoms with E-state index in [1.807, 2.05) is 18.3 Å². The first kappa shape index (κ1) is 10.8. The van der Waals surface area contributed by atoms with Gasteiger partial charge in [-0.1, -0.05) is 13.8 Å². The molecule has 1 heterocycles. The molecular formula is C11H17N3. The summed E-state index contributed by atoms with van der Waals surface area (Å²) in [6, 6.07) is 6.31. The van der Waals surface area contributed by atoms with E-state index in [1.54, 1.807) is 0 Å². The number of H-pyrrole nitrogens is 1. The van der Waals surface area contributed by atoms with Crippen LogP contribution in [0.5, 0.6) is 0 Å². The molecule has 2 N–H and O–H groups in total. The zero-order valence-electron chi connectivity index (χ0n) is 8.75. The fourth-order valence-electron chi connectivity index (χ4n) is 1.27. The molecule has 1 unspecified atom stereocenters. The Morgan fingerprint density at radius 3 is 2.86 bits per heavy atom. The van der Waals surface area contributed by atoms with E-state index in [4.69, 9.17) is 5.26 Å². The molecule has 0 saturated heterocycles. The highest BCUT2D eigenvalue weighted by Gasteiger charge is 2.10. The van der Waals surface area contributed by atoms with Gasteiger partial charge in [-0.25, -0.2) is 0 Å². The number of hydrogen-bond donors (Lipinski definition) is 2. The maximum Gasteiger partial charge on any atom is 0.0671 e. The molecule has 1 atom stereocenters. The van der Waals surface area contributed by atoms with Crippen molar-refractivity contribution in [3.05, 3.63) is 24.0 Å². The normalized spacial score (nSPS) is 12.7. The average molecular weight is 191 g/mol. The first-order chi connectivity index (χ1) is 6.74. The highest BCUT2D eigenvalue weighted by Crippen LogP contribution is 2.07. The summed E-state index contributed by atoms with van der Waals surface area (Å²) >= 11 is 0. The lowest BCUT2D eigenvalue weighted by Gasteiger charge is -2.13. The molecular weight excluding hydrogens is 174 g/mol. The number of rotatable bonds is 5. The SMILES string of the molecule is CC(C)C(C#N)CNCc1ccc[nH]1. The van der Waals surface area contributed by atoms with Gasteiger partial charge in [0.1, 0.15) is 0 Å². The van der Waals surface area contributed by atoms with Gasteiger partial charge >= 0.3 is 0 Å². The second-order valence-corrected chi connectivity index (χ2v) is 3.81. The Labute approximate surface area is 85.1 Å². The highest BCUT2D eigenvalue weighted by atomic mass is 14.9. The summed E-state index contributed by atoms with van der Waals surface area (Å²) in [4.78, 5) is 3.11. The molecule has 0 saturated carbocycles. The highest BCUT2D eigenvalue weighted by molar-refractivity contribution is 5.03. The van der Waals surface area contributed by atoms with Crippen LogP contribution in [0, 0.1) is 23.2 Å². The molecule has 0 amide bonds. The first-order valence-electron chi connectivity index (χ1n) is 4.96. The minimum atomic E-state index is 0.102. The van der Waals surface area contributed by atoms with Crippen LogP contribution < -0.4 is 5.32 Å². The summed E-state index contributed by atoms with van der Waals surface area (Å²) in [5.41, 5.74) is 1.16. The second kappa shape index (κ2) is 5.46. The lowest BCUT2D eigenvalue weighted by atomic mass is 9.98. The zero-order chi connectivity index (χ0) is 10.4. The number of nitriles is 1.